The van der Waals surface area contributed by atoms with Crippen LogP contribution in [0.5, 0.6) is 0 Å². The lowest BCUT2D eigenvalue weighted by Gasteiger charge is -2.18. The molecule has 1 unspecified atom stereocenters. The summed E-state index contributed by atoms with van der Waals surface area (Å²) in [5, 5.41) is 7.29. The monoisotopic (exact) mass is 497 g/mol. The molecule has 4 aromatic rings. The molecule has 0 aliphatic heterocycles. The molecule has 0 fully saturated rings. The molecule has 4 rings (SSSR count). The topological polar surface area (TPSA) is 115 Å². The summed E-state index contributed by atoms with van der Waals surface area (Å²) < 4.78 is 1.51. The van der Waals surface area contributed by atoms with E-state index in [4.69, 9.17) is 4.84 Å². The van der Waals surface area contributed by atoms with Gasteiger partial charge in [-0.1, -0.05) is 67.6 Å². The van der Waals surface area contributed by atoms with Crippen molar-refractivity contribution in [3.8, 4) is 17.1 Å². The van der Waals surface area contributed by atoms with E-state index in [1.807, 2.05) is 73.7 Å². The summed E-state index contributed by atoms with van der Waals surface area (Å²) in [6.45, 7) is 2.14. The number of carbonyl (C=O) groups is 3. The smallest absolute Gasteiger partial charge is 0.313 e. The SMILES string of the molecule is CCCONC(=O)C(=O)C(Cc1ccccc1)NC(=O)c1cccnc1-n1ccc(-c2ccccc2)n1. The normalized spacial score (nSPS) is 11.5. The van der Waals surface area contributed by atoms with Crippen LogP contribution in [-0.4, -0.2) is 45.0 Å². The van der Waals surface area contributed by atoms with Gasteiger partial charge in [-0.15, -0.1) is 0 Å². The maximum atomic E-state index is 13.4. The predicted molar refractivity (Wildman–Crippen MR) is 138 cm³/mol. The van der Waals surface area contributed by atoms with Crippen molar-refractivity contribution in [3.05, 3.63) is 102 Å². The van der Waals surface area contributed by atoms with E-state index in [1.54, 1.807) is 24.5 Å². The van der Waals surface area contributed by atoms with Crippen LogP contribution in [0.25, 0.3) is 17.1 Å². The van der Waals surface area contributed by atoms with E-state index in [0.29, 0.717) is 12.2 Å². The van der Waals surface area contributed by atoms with Crippen molar-refractivity contribution in [3.63, 3.8) is 0 Å². The molecular weight excluding hydrogens is 470 g/mol. The fraction of sp³-hybridized carbons (Fsp3) is 0.179. The van der Waals surface area contributed by atoms with Crippen molar-refractivity contribution in [1.82, 2.24) is 25.6 Å². The van der Waals surface area contributed by atoms with Crippen LogP contribution in [0.3, 0.4) is 0 Å². The summed E-state index contributed by atoms with van der Waals surface area (Å²) in [5.41, 5.74) is 4.79. The van der Waals surface area contributed by atoms with E-state index < -0.39 is 23.6 Å². The maximum Gasteiger partial charge on any atom is 0.313 e. The Morgan fingerprint density at radius 2 is 1.68 bits per heavy atom. The third-order valence-corrected chi connectivity index (χ3v) is 5.51. The lowest BCUT2D eigenvalue weighted by Crippen LogP contribution is -2.48. The average molecular weight is 498 g/mol. The van der Waals surface area contributed by atoms with E-state index in [2.05, 4.69) is 20.9 Å². The molecule has 2 aromatic carbocycles. The highest BCUT2D eigenvalue weighted by Gasteiger charge is 2.29. The highest BCUT2D eigenvalue weighted by Crippen LogP contribution is 2.19. The van der Waals surface area contributed by atoms with E-state index in [0.717, 1.165) is 16.8 Å². The summed E-state index contributed by atoms with van der Waals surface area (Å²) in [4.78, 5) is 48.2. The summed E-state index contributed by atoms with van der Waals surface area (Å²) in [6.07, 6.45) is 4.07. The van der Waals surface area contributed by atoms with Gasteiger partial charge in [0.1, 0.15) is 6.04 Å². The van der Waals surface area contributed by atoms with Gasteiger partial charge in [0.05, 0.1) is 17.9 Å². The van der Waals surface area contributed by atoms with Crippen LogP contribution in [0.4, 0.5) is 0 Å². The van der Waals surface area contributed by atoms with Crippen molar-refractivity contribution < 1.29 is 19.2 Å². The molecule has 2 amide bonds. The second-order valence-corrected chi connectivity index (χ2v) is 8.25. The van der Waals surface area contributed by atoms with Crippen LogP contribution >= 0.6 is 0 Å². The van der Waals surface area contributed by atoms with Gasteiger partial charge in [0.15, 0.2) is 5.82 Å². The Morgan fingerprint density at radius 1 is 0.946 bits per heavy atom. The number of aromatic nitrogens is 3. The number of hydrogen-bond donors (Lipinski definition) is 2. The standard InChI is InChI=1S/C28H27N5O4/c1-2-18-37-32-28(36)25(34)24(19-20-10-5-3-6-11-20)30-27(35)22-14-9-16-29-26(22)33-17-15-23(31-33)21-12-7-4-8-13-21/h3-17,24H,2,18-19H2,1H3,(H,30,35)(H,32,36). The lowest BCUT2D eigenvalue weighted by molar-refractivity contribution is -0.146. The lowest BCUT2D eigenvalue weighted by atomic mass is 10.0. The predicted octanol–water partition coefficient (Wildman–Crippen LogP) is 3.30. The van der Waals surface area contributed by atoms with Crippen LogP contribution < -0.4 is 10.8 Å². The molecule has 9 heteroatoms. The molecule has 2 heterocycles. The van der Waals surface area contributed by atoms with Crippen LogP contribution in [0.1, 0.15) is 29.3 Å². The number of pyridine rings is 1. The molecule has 2 N–H and O–H groups in total. The van der Waals surface area contributed by atoms with E-state index >= 15 is 0 Å². The van der Waals surface area contributed by atoms with Gasteiger partial charge in [-0.05, 0) is 30.2 Å². The number of ketones is 1. The van der Waals surface area contributed by atoms with Gasteiger partial charge in [-0.2, -0.15) is 5.10 Å². The molecule has 0 bridgehead atoms. The Kier molecular flexibility index (Phi) is 8.51. The van der Waals surface area contributed by atoms with Gasteiger partial charge < -0.3 is 5.32 Å². The number of carbonyl (C=O) groups excluding carboxylic acids is 3. The average Bonchev–Trinajstić information content (AvgIpc) is 3.44. The van der Waals surface area contributed by atoms with Crippen molar-refractivity contribution in [2.24, 2.45) is 0 Å². The Labute approximate surface area is 214 Å². The molecule has 1 atom stereocenters. The van der Waals surface area contributed by atoms with Crippen LogP contribution in [0.15, 0.2) is 91.3 Å². The van der Waals surface area contributed by atoms with Crippen molar-refractivity contribution in [2.75, 3.05) is 6.61 Å². The molecule has 0 saturated heterocycles. The number of hydroxylamine groups is 1. The van der Waals surface area contributed by atoms with Crippen molar-refractivity contribution >= 4 is 17.6 Å². The summed E-state index contributed by atoms with van der Waals surface area (Å²) in [5.74, 6) is -2.01. The molecule has 0 saturated carbocycles. The van der Waals surface area contributed by atoms with Gasteiger partial charge in [-0.25, -0.2) is 15.1 Å². The molecule has 37 heavy (non-hydrogen) atoms. The van der Waals surface area contributed by atoms with Crippen LogP contribution in [-0.2, 0) is 20.8 Å². The fourth-order valence-corrected chi connectivity index (χ4v) is 3.68. The molecule has 0 aliphatic rings. The van der Waals surface area contributed by atoms with Gasteiger partial charge in [-0.3, -0.25) is 19.2 Å². The highest BCUT2D eigenvalue weighted by atomic mass is 16.7. The first-order valence-electron chi connectivity index (χ1n) is 11.9. The van der Waals surface area contributed by atoms with Crippen molar-refractivity contribution in [1.29, 1.82) is 0 Å². The highest BCUT2D eigenvalue weighted by molar-refractivity contribution is 6.38. The quantitative estimate of drug-likeness (QED) is 0.187. The zero-order valence-electron chi connectivity index (χ0n) is 20.3. The molecule has 2 aromatic heterocycles. The minimum absolute atomic E-state index is 0.127. The summed E-state index contributed by atoms with van der Waals surface area (Å²) in [6, 6.07) is 22.7. The van der Waals surface area contributed by atoms with Crippen LogP contribution in [0.2, 0.25) is 0 Å². The van der Waals surface area contributed by atoms with Crippen LogP contribution in [0, 0.1) is 0 Å². The molecule has 0 aliphatic carbocycles. The Morgan fingerprint density at radius 3 is 2.41 bits per heavy atom. The first-order chi connectivity index (χ1) is 18.1. The van der Waals surface area contributed by atoms with E-state index in [1.165, 1.54) is 4.68 Å². The molecular formula is C28H27N5O4. The number of hydrogen-bond acceptors (Lipinski definition) is 6. The summed E-state index contributed by atoms with van der Waals surface area (Å²) in [7, 11) is 0. The summed E-state index contributed by atoms with van der Waals surface area (Å²) >= 11 is 0. The zero-order valence-corrected chi connectivity index (χ0v) is 20.3. The number of nitrogens with zero attached hydrogens (tertiary/aromatic N) is 3. The number of rotatable bonds is 11. The largest absolute Gasteiger partial charge is 0.341 e. The Bertz CT molecular complexity index is 1360. The number of benzene rings is 2. The number of nitrogens with one attached hydrogen (secondary N) is 2. The van der Waals surface area contributed by atoms with Gasteiger partial charge in [0.2, 0.25) is 5.78 Å². The molecule has 9 nitrogen and oxygen atoms in total. The zero-order chi connectivity index (χ0) is 26.0. The van der Waals surface area contributed by atoms with Gasteiger partial charge in [0.25, 0.3) is 5.91 Å². The van der Waals surface area contributed by atoms with Gasteiger partial charge >= 0.3 is 5.91 Å². The second kappa shape index (κ2) is 12.4. The third-order valence-electron chi connectivity index (χ3n) is 5.51. The minimum Gasteiger partial charge on any atom is -0.341 e. The number of Topliss-reactive ketones (excluding diaryl/α,β-unsaturated/α-hetero) is 1. The number of amides is 2. The van der Waals surface area contributed by atoms with E-state index in [9.17, 15) is 14.4 Å². The molecule has 0 spiro atoms. The first-order valence-corrected chi connectivity index (χ1v) is 11.9. The third kappa shape index (κ3) is 6.53. The molecule has 0 radical (unpaired) electrons. The van der Waals surface area contributed by atoms with Crippen molar-refractivity contribution in [2.45, 2.75) is 25.8 Å². The van der Waals surface area contributed by atoms with Gasteiger partial charge in [0, 0.05) is 24.4 Å². The Balaban J connectivity index is 1.58. The molecule has 188 valence electrons. The second-order valence-electron chi connectivity index (χ2n) is 8.25. The maximum absolute atomic E-state index is 13.4. The fourth-order valence-electron chi connectivity index (χ4n) is 3.68. The van der Waals surface area contributed by atoms with E-state index in [-0.39, 0.29) is 18.6 Å². The minimum atomic E-state index is -1.12. The Hall–Kier alpha value is -4.63. The first kappa shape index (κ1) is 25.5.